The summed E-state index contributed by atoms with van der Waals surface area (Å²) in [7, 11) is 0. The van der Waals surface area contributed by atoms with Gasteiger partial charge in [0.05, 0.1) is 17.1 Å². The number of benzene rings is 11. The van der Waals surface area contributed by atoms with Crippen LogP contribution in [0.3, 0.4) is 0 Å². The van der Waals surface area contributed by atoms with Crippen molar-refractivity contribution >= 4 is 82.0 Å². The molecule has 11 aromatic carbocycles. The van der Waals surface area contributed by atoms with Crippen LogP contribution in [0.25, 0.3) is 98.4 Å². The standard InChI is InChI=1S/3C27H29NO.2C7H8.Al/c3*1-26(2,3)19-11-12-20-18(15-19)16-22(27(4,5)6)25(29)23(20)24-21-10-8-7-9-17(21)13-14-28-24;2*1-7-5-3-2-4-6-7;/h3*7-16,29H,1-6H3;2*2-6H,1H3;/q;;;;;+3/p-3. The second-order valence-electron chi connectivity index (χ2n) is 33.1. The van der Waals surface area contributed by atoms with Gasteiger partial charge in [0, 0.05) is 51.4 Å². The van der Waals surface area contributed by atoms with Crippen LogP contribution in [-0.2, 0) is 32.5 Å². The number of aromatic nitrogens is 3. The van der Waals surface area contributed by atoms with E-state index in [-0.39, 0.29) is 67.1 Å². The van der Waals surface area contributed by atoms with Crippen molar-refractivity contribution in [2.45, 2.75) is 171 Å². The van der Waals surface area contributed by atoms with Crippen LogP contribution in [0.15, 0.2) is 243 Å². The Labute approximate surface area is 617 Å². The average molecular weight is 1360 g/mol. The Morgan fingerprint density at radius 1 is 0.235 bits per heavy atom. The molecule has 0 amide bonds. The first-order valence-corrected chi connectivity index (χ1v) is 35.4. The molecule has 0 aliphatic heterocycles. The summed E-state index contributed by atoms with van der Waals surface area (Å²) in [6, 6.07) is 76.6. The van der Waals surface area contributed by atoms with Crippen molar-refractivity contribution in [1.29, 1.82) is 0 Å². The summed E-state index contributed by atoms with van der Waals surface area (Å²) in [5, 5.41) is 53.7. The average Bonchev–Trinajstić information content (AvgIpc) is 0.756. The molecule has 0 aliphatic carbocycles. The Morgan fingerprint density at radius 3 is 0.686 bits per heavy atom. The summed E-state index contributed by atoms with van der Waals surface area (Å²) in [6.45, 7) is 43.0. The molecule has 0 radical (unpaired) electrons. The van der Waals surface area contributed by atoms with E-state index in [9.17, 15) is 15.3 Å². The molecule has 0 saturated heterocycles. The molecule has 0 unspecified atom stereocenters. The molecule has 3 aromatic heterocycles. The van der Waals surface area contributed by atoms with Gasteiger partial charge in [0.15, 0.2) is 0 Å². The molecular weight excluding hydrogens is 1260 g/mol. The molecule has 6 nitrogen and oxygen atoms in total. The van der Waals surface area contributed by atoms with Crippen molar-refractivity contribution in [3.63, 3.8) is 0 Å². The van der Waals surface area contributed by atoms with Gasteiger partial charge in [-0.05, 0) is 146 Å². The molecule has 7 heteroatoms. The second kappa shape index (κ2) is 30.5. The van der Waals surface area contributed by atoms with Crippen molar-refractivity contribution in [2.75, 3.05) is 0 Å². The van der Waals surface area contributed by atoms with Crippen LogP contribution in [0.1, 0.15) is 169 Å². The zero-order valence-electron chi connectivity index (χ0n) is 63.7. The van der Waals surface area contributed by atoms with Gasteiger partial charge in [-0.1, -0.05) is 359 Å². The fourth-order valence-corrected chi connectivity index (χ4v) is 13.0. The molecule has 102 heavy (non-hydrogen) atoms. The van der Waals surface area contributed by atoms with E-state index in [0.29, 0.717) is 16.7 Å². The first-order chi connectivity index (χ1) is 47.5. The number of hydrogen-bond donors (Lipinski definition) is 0. The number of pyridine rings is 3. The third kappa shape index (κ3) is 17.3. The van der Waals surface area contributed by atoms with Gasteiger partial charge in [0.1, 0.15) is 0 Å². The van der Waals surface area contributed by atoms with E-state index in [0.717, 1.165) is 98.4 Å². The van der Waals surface area contributed by atoms with E-state index in [1.807, 2.05) is 91.0 Å². The molecule has 0 N–H and O–H groups in total. The summed E-state index contributed by atoms with van der Waals surface area (Å²) >= 11 is 0. The quantitative estimate of drug-likeness (QED) is 0.163. The third-order valence-corrected chi connectivity index (χ3v) is 18.9. The number of fused-ring (bicyclic) bond motifs is 6. The van der Waals surface area contributed by atoms with Crippen LogP contribution in [0.4, 0.5) is 0 Å². The summed E-state index contributed by atoms with van der Waals surface area (Å²) in [5.74, 6) is 0.243. The van der Waals surface area contributed by atoms with Gasteiger partial charge in [-0.15, -0.1) is 0 Å². The summed E-state index contributed by atoms with van der Waals surface area (Å²) < 4.78 is 0. The largest absolute Gasteiger partial charge is 3.00 e. The van der Waals surface area contributed by atoms with Crippen molar-refractivity contribution < 1.29 is 15.3 Å². The maximum absolute atomic E-state index is 13.7. The Balaban J connectivity index is 0.000000161. The summed E-state index contributed by atoms with van der Waals surface area (Å²) in [5.41, 5.74) is 12.8. The van der Waals surface area contributed by atoms with Crippen molar-refractivity contribution in [3.8, 4) is 51.0 Å². The Morgan fingerprint density at radius 2 is 0.471 bits per heavy atom. The molecule has 0 saturated carbocycles. The van der Waals surface area contributed by atoms with Crippen LogP contribution in [0, 0.1) is 13.8 Å². The summed E-state index contributed by atoms with van der Waals surface area (Å²) in [4.78, 5) is 14.0. The van der Waals surface area contributed by atoms with Gasteiger partial charge in [-0.2, -0.15) is 0 Å². The Kier molecular flexibility index (Phi) is 22.9. The maximum atomic E-state index is 13.7. The number of hydrogen-bond acceptors (Lipinski definition) is 6. The van der Waals surface area contributed by atoms with Crippen molar-refractivity contribution in [2.24, 2.45) is 0 Å². The van der Waals surface area contributed by atoms with Gasteiger partial charge in [-0.25, -0.2) is 0 Å². The van der Waals surface area contributed by atoms with E-state index in [1.54, 1.807) is 18.6 Å². The molecule has 516 valence electrons. The van der Waals surface area contributed by atoms with E-state index in [1.165, 1.54) is 27.8 Å². The number of rotatable bonds is 3. The fourth-order valence-electron chi connectivity index (χ4n) is 13.0. The van der Waals surface area contributed by atoms with E-state index >= 15 is 0 Å². The third-order valence-electron chi connectivity index (χ3n) is 18.9. The molecule has 14 aromatic rings. The number of aryl methyl sites for hydroxylation is 2. The molecule has 0 bridgehead atoms. The topological polar surface area (TPSA) is 108 Å². The minimum Gasteiger partial charge on any atom is -0.872 e. The van der Waals surface area contributed by atoms with Gasteiger partial charge >= 0.3 is 17.4 Å². The van der Waals surface area contributed by atoms with Crippen molar-refractivity contribution in [3.05, 3.63) is 288 Å². The summed E-state index contributed by atoms with van der Waals surface area (Å²) in [6.07, 6.45) is 5.41. The zero-order valence-corrected chi connectivity index (χ0v) is 64.9. The smallest absolute Gasteiger partial charge is 0.872 e. The van der Waals surface area contributed by atoms with E-state index in [2.05, 4.69) is 287 Å². The van der Waals surface area contributed by atoms with Crippen LogP contribution in [-0.4, -0.2) is 32.3 Å². The van der Waals surface area contributed by atoms with E-state index < -0.39 is 0 Å². The second-order valence-corrected chi connectivity index (χ2v) is 33.1. The van der Waals surface area contributed by atoms with Crippen molar-refractivity contribution in [1.82, 2.24) is 15.0 Å². The fraction of sp³-hybridized carbons (Fsp3) is 0.274. The molecule has 3 heterocycles. The van der Waals surface area contributed by atoms with Gasteiger partial charge < -0.3 is 15.3 Å². The predicted molar refractivity (Wildman–Crippen MR) is 433 cm³/mol. The van der Waals surface area contributed by atoms with Gasteiger partial charge in [0.25, 0.3) is 0 Å². The molecular formula is C95H100AlN3O3. The predicted octanol–water partition coefficient (Wildman–Crippen LogP) is 23.8. The first kappa shape index (κ1) is 76.5. The minimum absolute atomic E-state index is 0. The molecule has 0 spiro atoms. The van der Waals surface area contributed by atoms with Crippen LogP contribution in [0.2, 0.25) is 0 Å². The SMILES string of the molecule is CC(C)(C)c1ccc2c(-c3nccc4ccccc34)c([O-])c(C(C)(C)C)cc2c1.CC(C)(C)c1ccc2c(-c3nccc4ccccc34)c([O-])c(C(C)(C)C)cc2c1.CC(C)(C)c1ccc2c(-c3nccc4ccccc34)c([O-])c(C(C)(C)C)cc2c1.Cc1ccccc1.Cc1ccccc1.[Al+3]. The Bertz CT molecular complexity index is 4770. The van der Waals surface area contributed by atoms with Gasteiger partial charge in [-0.3, -0.25) is 15.0 Å². The van der Waals surface area contributed by atoms with Crippen LogP contribution >= 0.6 is 0 Å². The molecule has 0 fully saturated rings. The molecule has 0 aliphatic rings. The van der Waals surface area contributed by atoms with Crippen LogP contribution < -0.4 is 15.3 Å². The Hall–Kier alpha value is -9.64. The van der Waals surface area contributed by atoms with E-state index in [4.69, 9.17) is 0 Å². The maximum Gasteiger partial charge on any atom is 3.00 e. The number of nitrogens with zero attached hydrogens (tertiary/aromatic N) is 3. The molecule has 0 atom stereocenters. The van der Waals surface area contributed by atoms with Gasteiger partial charge in [0.2, 0.25) is 0 Å². The van der Waals surface area contributed by atoms with Crippen LogP contribution in [0.5, 0.6) is 17.2 Å². The molecule has 14 rings (SSSR count). The minimum atomic E-state index is -0.248. The zero-order chi connectivity index (χ0) is 73.1. The first-order valence-electron chi connectivity index (χ1n) is 35.4. The normalized spacial score (nSPS) is 12.0. The monoisotopic (exact) mass is 1360 g/mol.